The number of methoxy groups -OCH3 is 1. The predicted octanol–water partition coefficient (Wildman–Crippen LogP) is 3.06. The van der Waals surface area contributed by atoms with Crippen molar-refractivity contribution in [3.63, 3.8) is 0 Å². The number of carbonyl (C=O) groups is 3. The second-order valence-corrected chi connectivity index (χ2v) is 13.2. The average molecular weight is 632 g/mol. The van der Waals surface area contributed by atoms with E-state index >= 15 is 0 Å². The number of Topliss-reactive ketones (excluding diaryl/α,β-unsaturated/α-hetero) is 2. The van der Waals surface area contributed by atoms with Crippen LogP contribution in [0.25, 0.3) is 16.9 Å². The zero-order valence-electron chi connectivity index (χ0n) is 26.3. The molecular weight excluding hydrogens is 590 g/mol. The van der Waals surface area contributed by atoms with Gasteiger partial charge in [-0.1, -0.05) is 31.4 Å². The average Bonchev–Trinajstić information content (AvgIpc) is 3.02. The van der Waals surface area contributed by atoms with Crippen LogP contribution in [0.1, 0.15) is 55.2 Å². The summed E-state index contributed by atoms with van der Waals surface area (Å²) in [5.41, 5.74) is 4.84. The summed E-state index contributed by atoms with van der Waals surface area (Å²) in [7, 11) is 4.72. The zero-order valence-corrected chi connectivity index (χ0v) is 26.3. The topological polar surface area (TPSA) is 183 Å². The van der Waals surface area contributed by atoms with Crippen LogP contribution in [0.4, 0.5) is 0 Å². The summed E-state index contributed by atoms with van der Waals surface area (Å²) in [4.78, 5) is 41.3. The van der Waals surface area contributed by atoms with Crippen molar-refractivity contribution in [3.8, 4) is 22.6 Å². The number of aromatic hydroxyl groups is 1. The number of rotatable bonds is 7. The largest absolute Gasteiger partial charge is 0.508 e. The normalized spacial score (nSPS) is 26.6. The molecule has 11 nitrogen and oxygen atoms in total. The van der Waals surface area contributed by atoms with Crippen LogP contribution in [-0.4, -0.2) is 81.7 Å². The van der Waals surface area contributed by atoms with Crippen molar-refractivity contribution in [2.75, 3.05) is 21.2 Å². The Morgan fingerprint density at radius 1 is 1.07 bits per heavy atom. The number of carbonyl (C=O) groups excluding carboxylic acids is 3. The minimum absolute atomic E-state index is 0.0172. The molecule has 11 heteroatoms. The summed E-state index contributed by atoms with van der Waals surface area (Å²) in [6.07, 6.45) is 6.21. The fourth-order valence-electron chi connectivity index (χ4n) is 8.14. The Morgan fingerprint density at radius 3 is 2.43 bits per heavy atom. The number of ketones is 2. The number of hydrogen-bond acceptors (Lipinski definition) is 10. The predicted molar refractivity (Wildman–Crippen MR) is 170 cm³/mol. The molecule has 244 valence electrons. The molecule has 0 bridgehead atoms. The maximum atomic E-state index is 14.2. The van der Waals surface area contributed by atoms with Crippen molar-refractivity contribution in [3.05, 3.63) is 63.9 Å². The number of fused-ring (bicyclic) bond motifs is 3. The molecule has 2 aromatic carbocycles. The number of nitrogens with two attached hydrogens (primary N) is 1. The molecule has 2 aromatic rings. The van der Waals surface area contributed by atoms with E-state index in [1.165, 1.54) is 30.2 Å². The van der Waals surface area contributed by atoms with E-state index < -0.39 is 58.0 Å². The first-order valence-corrected chi connectivity index (χ1v) is 15.8. The molecule has 0 saturated heterocycles. The molecule has 4 unspecified atom stereocenters. The number of likely N-dealkylation sites (N-methyl/N-ethyl adjacent to an activating group) is 1. The maximum Gasteiger partial charge on any atom is 0.255 e. The Labute approximate surface area is 267 Å². The summed E-state index contributed by atoms with van der Waals surface area (Å²) in [6.45, 7) is 0.666. The number of aliphatic hydroxyl groups excluding tert-OH is 2. The van der Waals surface area contributed by atoms with Crippen LogP contribution in [0.5, 0.6) is 11.5 Å². The van der Waals surface area contributed by atoms with Crippen LogP contribution >= 0.6 is 0 Å². The van der Waals surface area contributed by atoms with Gasteiger partial charge in [-0.25, -0.2) is 0 Å². The fourth-order valence-corrected chi connectivity index (χ4v) is 8.14. The molecule has 7 N–H and O–H groups in total. The molecule has 0 aliphatic heterocycles. The van der Waals surface area contributed by atoms with Gasteiger partial charge in [0.1, 0.15) is 28.6 Å². The standard InChI is InChI=1S/C35H41N3O8/c1-38(2)29-23-15-18-14-22-20(21-13-17(9-12-25(21)46-3)16-37-19-7-5-4-6-8-19)10-11-24(39)27(22)30(40)26(18)32(42)35(23,45)33(43)28(31(29)41)34(36)44/h9-13,18-19,23,29,37,39-40,43,45H,4-8,14-16H2,1-3H3,(H2,36,44). The first kappa shape index (κ1) is 31.8. The van der Waals surface area contributed by atoms with E-state index in [0.29, 0.717) is 29.5 Å². The lowest BCUT2D eigenvalue weighted by molar-refractivity contribution is -0.153. The molecule has 0 aromatic heterocycles. The van der Waals surface area contributed by atoms with E-state index in [1.54, 1.807) is 27.3 Å². The van der Waals surface area contributed by atoms with Crippen LogP contribution in [0.2, 0.25) is 0 Å². The third kappa shape index (κ3) is 4.88. The molecule has 4 atom stereocenters. The second kappa shape index (κ2) is 11.9. The number of amides is 1. The summed E-state index contributed by atoms with van der Waals surface area (Å²) in [5.74, 6) is -6.21. The van der Waals surface area contributed by atoms with Gasteiger partial charge in [-0.15, -0.1) is 0 Å². The fraction of sp³-hybridized carbons (Fsp3) is 0.457. The third-order valence-corrected chi connectivity index (χ3v) is 10.4. The summed E-state index contributed by atoms with van der Waals surface area (Å²) in [6, 6.07) is 8.43. The molecule has 0 radical (unpaired) electrons. The maximum absolute atomic E-state index is 14.2. The minimum Gasteiger partial charge on any atom is -0.508 e. The Morgan fingerprint density at radius 2 is 1.78 bits per heavy atom. The van der Waals surface area contributed by atoms with Gasteiger partial charge in [-0.2, -0.15) is 0 Å². The van der Waals surface area contributed by atoms with Crippen molar-refractivity contribution in [2.24, 2.45) is 17.6 Å². The monoisotopic (exact) mass is 631 g/mol. The second-order valence-electron chi connectivity index (χ2n) is 13.2. The Hall–Kier alpha value is -4.19. The van der Waals surface area contributed by atoms with Gasteiger partial charge in [0.2, 0.25) is 5.78 Å². The van der Waals surface area contributed by atoms with Gasteiger partial charge < -0.3 is 36.2 Å². The molecule has 2 saturated carbocycles. The highest BCUT2D eigenvalue weighted by Gasteiger charge is 2.64. The number of ether oxygens (including phenoxy) is 1. The van der Waals surface area contributed by atoms with Gasteiger partial charge in [-0.05, 0) is 80.6 Å². The number of nitrogens with one attached hydrogen (secondary N) is 1. The van der Waals surface area contributed by atoms with Gasteiger partial charge >= 0.3 is 0 Å². The van der Waals surface area contributed by atoms with Crippen LogP contribution in [0, 0.1) is 11.8 Å². The number of nitrogens with zero attached hydrogens (tertiary/aromatic N) is 1. The number of phenols is 1. The summed E-state index contributed by atoms with van der Waals surface area (Å²) >= 11 is 0. The van der Waals surface area contributed by atoms with Crippen molar-refractivity contribution in [1.29, 1.82) is 0 Å². The molecule has 0 spiro atoms. The molecule has 6 rings (SSSR count). The van der Waals surface area contributed by atoms with E-state index in [1.807, 2.05) is 18.2 Å². The number of primary amides is 1. The highest BCUT2D eigenvalue weighted by Crippen LogP contribution is 2.54. The number of hydrogen-bond donors (Lipinski definition) is 6. The summed E-state index contributed by atoms with van der Waals surface area (Å²) in [5, 5.41) is 49.3. The number of phenolic OH excluding ortho intramolecular Hbond substituents is 1. The third-order valence-electron chi connectivity index (χ3n) is 10.4. The van der Waals surface area contributed by atoms with Crippen molar-refractivity contribution < 1.29 is 39.5 Å². The Bertz CT molecular complexity index is 1690. The quantitative estimate of drug-likeness (QED) is 0.249. The Kier molecular flexibility index (Phi) is 8.20. The van der Waals surface area contributed by atoms with Crippen LogP contribution < -0.4 is 15.8 Å². The lowest BCUT2D eigenvalue weighted by atomic mass is 9.57. The van der Waals surface area contributed by atoms with E-state index in [4.69, 9.17) is 10.5 Å². The number of aliphatic hydroxyl groups is 3. The van der Waals surface area contributed by atoms with Crippen molar-refractivity contribution >= 4 is 23.2 Å². The highest BCUT2D eigenvalue weighted by molar-refractivity contribution is 6.24. The van der Waals surface area contributed by atoms with Crippen LogP contribution in [-0.2, 0) is 27.3 Å². The van der Waals surface area contributed by atoms with Gasteiger partial charge in [0.05, 0.1) is 18.7 Å². The van der Waals surface area contributed by atoms with Gasteiger partial charge in [0, 0.05) is 29.6 Å². The Balaban J connectivity index is 1.46. The lowest BCUT2D eigenvalue weighted by Crippen LogP contribution is -2.65. The highest BCUT2D eigenvalue weighted by atomic mass is 16.5. The SMILES string of the molecule is COc1ccc(CNC2CCCCC2)cc1-c1ccc(O)c2c1CC1CC3C(N(C)C)C(=O)C(C(N)=O)=C(O)C3(O)C(=O)C1=C2O. The van der Waals surface area contributed by atoms with Gasteiger partial charge in [0.25, 0.3) is 5.91 Å². The smallest absolute Gasteiger partial charge is 0.255 e. The van der Waals surface area contributed by atoms with E-state index in [2.05, 4.69) is 5.32 Å². The zero-order chi connectivity index (χ0) is 33.1. The molecule has 0 heterocycles. The van der Waals surface area contributed by atoms with Crippen LogP contribution in [0.3, 0.4) is 0 Å². The van der Waals surface area contributed by atoms with E-state index in [0.717, 1.165) is 24.0 Å². The molecule has 1 amide bonds. The first-order chi connectivity index (χ1) is 21.9. The van der Waals surface area contributed by atoms with Crippen molar-refractivity contribution in [2.45, 2.75) is 69.2 Å². The van der Waals surface area contributed by atoms with Gasteiger partial charge in [0.15, 0.2) is 11.4 Å². The van der Waals surface area contributed by atoms with E-state index in [-0.39, 0.29) is 29.7 Å². The first-order valence-electron chi connectivity index (χ1n) is 15.8. The molecular formula is C35H41N3O8. The lowest BCUT2D eigenvalue weighted by Gasteiger charge is -2.50. The molecule has 2 fully saturated rings. The summed E-state index contributed by atoms with van der Waals surface area (Å²) < 4.78 is 5.74. The minimum atomic E-state index is -2.68. The van der Waals surface area contributed by atoms with Crippen molar-refractivity contribution in [1.82, 2.24) is 10.2 Å². The number of benzene rings is 2. The molecule has 4 aliphatic rings. The van der Waals surface area contributed by atoms with Gasteiger partial charge in [-0.3, -0.25) is 19.3 Å². The van der Waals surface area contributed by atoms with E-state index in [9.17, 15) is 34.8 Å². The molecule has 4 aliphatic carbocycles. The molecule has 46 heavy (non-hydrogen) atoms. The van der Waals surface area contributed by atoms with Crippen LogP contribution in [0.15, 0.2) is 47.2 Å².